The Bertz CT molecular complexity index is 408. The summed E-state index contributed by atoms with van der Waals surface area (Å²) in [5.41, 5.74) is 1.26. The lowest BCUT2D eigenvalue weighted by molar-refractivity contribution is 0.250. The minimum absolute atomic E-state index is 0.333. The lowest BCUT2D eigenvalue weighted by Crippen LogP contribution is -2.34. The van der Waals surface area contributed by atoms with Crippen LogP contribution in [0.25, 0.3) is 0 Å². The number of likely N-dealkylation sites (N-methyl/N-ethyl adjacent to an activating group) is 1. The van der Waals surface area contributed by atoms with Crippen LogP contribution in [-0.2, 0) is 0 Å². The van der Waals surface area contributed by atoms with Gasteiger partial charge in [-0.1, -0.05) is 25.1 Å². The van der Waals surface area contributed by atoms with E-state index in [2.05, 4.69) is 29.3 Å². The quantitative estimate of drug-likeness (QED) is 0.894. The molecule has 1 aromatic carbocycles. The molecular formula is C17H28N2O. The minimum Gasteiger partial charge on any atom is -0.496 e. The van der Waals surface area contributed by atoms with E-state index < -0.39 is 0 Å². The molecule has 20 heavy (non-hydrogen) atoms. The second-order valence-corrected chi connectivity index (χ2v) is 5.92. The van der Waals surface area contributed by atoms with Crippen LogP contribution in [0.4, 0.5) is 0 Å². The van der Waals surface area contributed by atoms with E-state index in [1.54, 1.807) is 7.11 Å². The predicted octanol–water partition coefficient (Wildman–Crippen LogP) is 3.08. The Balaban J connectivity index is 2.04. The zero-order valence-electron chi connectivity index (χ0n) is 13.1. The molecule has 0 spiro atoms. The minimum atomic E-state index is 0.333. The fourth-order valence-corrected chi connectivity index (χ4v) is 3.06. The average molecular weight is 276 g/mol. The topological polar surface area (TPSA) is 24.5 Å². The highest BCUT2D eigenvalue weighted by Gasteiger charge is 2.20. The van der Waals surface area contributed by atoms with Crippen molar-refractivity contribution in [1.82, 2.24) is 10.2 Å². The van der Waals surface area contributed by atoms with Crippen LogP contribution in [0.2, 0.25) is 0 Å². The molecule has 112 valence electrons. The van der Waals surface area contributed by atoms with Crippen molar-refractivity contribution in [2.24, 2.45) is 5.92 Å². The van der Waals surface area contributed by atoms with E-state index >= 15 is 0 Å². The first kappa shape index (κ1) is 15.3. The number of methoxy groups -OCH3 is 1. The number of ether oxygens (including phenoxy) is 1. The van der Waals surface area contributed by atoms with Crippen LogP contribution in [0.15, 0.2) is 24.3 Å². The third-order valence-electron chi connectivity index (χ3n) is 4.41. The van der Waals surface area contributed by atoms with Gasteiger partial charge in [-0.15, -0.1) is 0 Å². The highest BCUT2D eigenvalue weighted by molar-refractivity contribution is 5.36. The zero-order valence-corrected chi connectivity index (χ0v) is 13.1. The van der Waals surface area contributed by atoms with Crippen molar-refractivity contribution in [3.8, 4) is 5.75 Å². The van der Waals surface area contributed by atoms with Gasteiger partial charge in [0.05, 0.1) is 7.11 Å². The highest BCUT2D eigenvalue weighted by Crippen LogP contribution is 2.26. The molecule has 1 fully saturated rings. The summed E-state index contributed by atoms with van der Waals surface area (Å²) in [6.07, 6.45) is 4.02. The summed E-state index contributed by atoms with van der Waals surface area (Å²) in [6.45, 7) is 5.87. The van der Waals surface area contributed by atoms with Gasteiger partial charge in [-0.3, -0.25) is 0 Å². The number of benzene rings is 1. The van der Waals surface area contributed by atoms with Crippen molar-refractivity contribution in [1.29, 1.82) is 0 Å². The predicted molar refractivity (Wildman–Crippen MR) is 84.2 cm³/mol. The van der Waals surface area contributed by atoms with E-state index in [-0.39, 0.29) is 0 Å². The van der Waals surface area contributed by atoms with Crippen LogP contribution in [0.3, 0.4) is 0 Å². The van der Waals surface area contributed by atoms with Crippen molar-refractivity contribution >= 4 is 0 Å². The Morgan fingerprint density at radius 2 is 2.10 bits per heavy atom. The molecule has 2 atom stereocenters. The first-order valence-electron chi connectivity index (χ1n) is 7.77. The van der Waals surface area contributed by atoms with Gasteiger partial charge in [0.15, 0.2) is 0 Å². The average Bonchev–Trinajstić information content (AvgIpc) is 2.69. The highest BCUT2D eigenvalue weighted by atomic mass is 16.5. The Morgan fingerprint density at radius 1 is 1.30 bits per heavy atom. The molecule has 1 N–H and O–H groups in total. The van der Waals surface area contributed by atoms with Crippen molar-refractivity contribution in [3.63, 3.8) is 0 Å². The second kappa shape index (κ2) is 7.65. The second-order valence-electron chi connectivity index (χ2n) is 5.92. The normalized spacial score (nSPS) is 22.2. The Hall–Kier alpha value is -1.06. The molecule has 0 amide bonds. The van der Waals surface area contributed by atoms with Gasteiger partial charge in [0.1, 0.15) is 5.75 Å². The Labute approximate surface area is 123 Å². The monoisotopic (exact) mass is 276 g/mol. The number of nitrogens with zero attached hydrogens (tertiary/aromatic N) is 1. The van der Waals surface area contributed by atoms with E-state index in [4.69, 9.17) is 4.74 Å². The van der Waals surface area contributed by atoms with Crippen LogP contribution in [0.1, 0.15) is 37.8 Å². The largest absolute Gasteiger partial charge is 0.496 e. The third-order valence-corrected chi connectivity index (χ3v) is 4.41. The molecule has 1 saturated heterocycles. The summed E-state index contributed by atoms with van der Waals surface area (Å²) in [5.74, 6) is 1.86. The number of hydrogen-bond donors (Lipinski definition) is 1. The third kappa shape index (κ3) is 3.97. The van der Waals surface area contributed by atoms with E-state index in [0.717, 1.165) is 18.2 Å². The molecule has 1 aliphatic rings. The van der Waals surface area contributed by atoms with Gasteiger partial charge in [-0.05, 0) is 51.4 Å². The fraction of sp³-hybridized carbons (Fsp3) is 0.647. The molecule has 0 aromatic heterocycles. The maximum absolute atomic E-state index is 5.50. The summed E-state index contributed by atoms with van der Waals surface area (Å²) < 4.78 is 5.50. The van der Waals surface area contributed by atoms with Crippen LogP contribution < -0.4 is 10.1 Å². The van der Waals surface area contributed by atoms with Gasteiger partial charge in [0.25, 0.3) is 0 Å². The summed E-state index contributed by atoms with van der Waals surface area (Å²) >= 11 is 0. The van der Waals surface area contributed by atoms with Crippen LogP contribution in [0, 0.1) is 5.92 Å². The molecule has 3 heteroatoms. The molecule has 0 bridgehead atoms. The number of hydrogen-bond acceptors (Lipinski definition) is 3. The maximum Gasteiger partial charge on any atom is 0.123 e. The van der Waals surface area contributed by atoms with Crippen molar-refractivity contribution in [2.75, 3.05) is 33.8 Å². The molecule has 1 aliphatic heterocycles. The number of rotatable bonds is 5. The Morgan fingerprint density at radius 3 is 2.85 bits per heavy atom. The maximum atomic E-state index is 5.50. The van der Waals surface area contributed by atoms with E-state index in [9.17, 15) is 0 Å². The summed E-state index contributed by atoms with van der Waals surface area (Å²) in [4.78, 5) is 2.59. The van der Waals surface area contributed by atoms with Gasteiger partial charge in [-0.2, -0.15) is 0 Å². The van der Waals surface area contributed by atoms with E-state index in [0.29, 0.717) is 6.04 Å². The van der Waals surface area contributed by atoms with Crippen molar-refractivity contribution in [3.05, 3.63) is 29.8 Å². The molecule has 0 aliphatic carbocycles. The SMILES string of the molecule is CNC(CN1CCCC(C)CC1)c1ccccc1OC. The lowest BCUT2D eigenvalue weighted by Gasteiger charge is -2.27. The van der Waals surface area contributed by atoms with Gasteiger partial charge < -0.3 is 15.0 Å². The van der Waals surface area contributed by atoms with Gasteiger partial charge in [0, 0.05) is 18.2 Å². The molecule has 0 saturated carbocycles. The fourth-order valence-electron chi connectivity index (χ4n) is 3.06. The molecule has 2 unspecified atom stereocenters. The number of para-hydroxylation sites is 1. The first-order chi connectivity index (χ1) is 9.74. The first-order valence-corrected chi connectivity index (χ1v) is 7.77. The summed E-state index contributed by atoms with van der Waals surface area (Å²) in [6, 6.07) is 8.67. The number of likely N-dealkylation sites (tertiary alicyclic amines) is 1. The molecule has 1 aromatic rings. The van der Waals surface area contributed by atoms with Crippen LogP contribution in [-0.4, -0.2) is 38.7 Å². The Kier molecular flexibility index (Phi) is 5.86. The van der Waals surface area contributed by atoms with Crippen LogP contribution >= 0.6 is 0 Å². The molecular weight excluding hydrogens is 248 g/mol. The van der Waals surface area contributed by atoms with E-state index in [1.807, 2.05) is 19.2 Å². The van der Waals surface area contributed by atoms with Crippen LogP contribution in [0.5, 0.6) is 5.75 Å². The van der Waals surface area contributed by atoms with Gasteiger partial charge in [0.2, 0.25) is 0 Å². The summed E-state index contributed by atoms with van der Waals surface area (Å²) in [5, 5.41) is 3.45. The summed E-state index contributed by atoms with van der Waals surface area (Å²) in [7, 11) is 3.79. The molecule has 3 nitrogen and oxygen atoms in total. The van der Waals surface area contributed by atoms with E-state index in [1.165, 1.54) is 37.9 Å². The number of nitrogens with one attached hydrogen (secondary N) is 1. The molecule has 2 rings (SSSR count). The van der Waals surface area contributed by atoms with Crippen molar-refractivity contribution < 1.29 is 4.74 Å². The molecule has 0 radical (unpaired) electrons. The smallest absolute Gasteiger partial charge is 0.123 e. The molecule has 1 heterocycles. The van der Waals surface area contributed by atoms with Gasteiger partial charge in [-0.25, -0.2) is 0 Å². The standard InChI is InChI=1S/C17H28N2O/c1-14-7-6-11-19(12-10-14)13-16(18-2)15-8-4-5-9-17(15)20-3/h4-5,8-9,14,16,18H,6-7,10-13H2,1-3H3. The lowest BCUT2D eigenvalue weighted by atomic mass is 10.0. The van der Waals surface area contributed by atoms with Crippen molar-refractivity contribution in [2.45, 2.75) is 32.2 Å². The van der Waals surface area contributed by atoms with Gasteiger partial charge >= 0.3 is 0 Å². The zero-order chi connectivity index (χ0) is 14.4.